The molecule has 1 aromatic heterocycles. The van der Waals surface area contributed by atoms with Crippen molar-refractivity contribution in [3.05, 3.63) is 63.0 Å². The monoisotopic (exact) mass is 351 g/mol. The lowest BCUT2D eigenvalue weighted by Crippen LogP contribution is -1.88. The van der Waals surface area contributed by atoms with Gasteiger partial charge in [-0.15, -0.1) is 0 Å². The van der Waals surface area contributed by atoms with Gasteiger partial charge in [0, 0.05) is 15.4 Å². The molecule has 0 aliphatic carbocycles. The quantitative estimate of drug-likeness (QED) is 0.525. The van der Waals surface area contributed by atoms with E-state index in [0.29, 0.717) is 15.6 Å². The number of nitrogens with zero attached hydrogens (tertiary/aromatic N) is 1. The van der Waals surface area contributed by atoms with E-state index in [1.54, 1.807) is 6.07 Å². The summed E-state index contributed by atoms with van der Waals surface area (Å²) in [5, 5.41) is 1.95. The number of benzene rings is 2. The average molecular weight is 353 g/mol. The minimum Gasteiger partial charge on any atom is -0.246 e. The fourth-order valence-corrected chi connectivity index (χ4v) is 2.85. The fourth-order valence-electron chi connectivity index (χ4n) is 1.95. The second-order valence-corrected chi connectivity index (χ2v) is 5.75. The molecule has 3 rings (SSSR count). The molecule has 0 amide bonds. The van der Waals surface area contributed by atoms with Crippen molar-refractivity contribution in [1.82, 2.24) is 4.98 Å². The van der Waals surface area contributed by atoms with Crippen LogP contribution in [-0.4, -0.2) is 4.98 Å². The van der Waals surface area contributed by atoms with Gasteiger partial charge in [-0.25, -0.2) is 4.98 Å². The number of hydrogen-bond donors (Lipinski definition) is 0. The van der Waals surface area contributed by atoms with Crippen molar-refractivity contribution >= 4 is 50.0 Å². The Morgan fingerprint density at radius 1 is 0.947 bits per heavy atom. The highest BCUT2D eigenvalue weighted by atomic mass is 79.9. The van der Waals surface area contributed by atoms with Gasteiger partial charge in [0.2, 0.25) is 0 Å². The molecule has 0 atom stereocenters. The molecular weight excluding hydrogens is 345 g/mol. The van der Waals surface area contributed by atoms with E-state index >= 15 is 0 Å². The van der Waals surface area contributed by atoms with Crippen molar-refractivity contribution in [3.8, 4) is 11.3 Å². The van der Waals surface area contributed by atoms with E-state index in [1.165, 1.54) is 0 Å². The highest BCUT2D eigenvalue weighted by molar-refractivity contribution is 9.10. The van der Waals surface area contributed by atoms with Gasteiger partial charge in [-0.05, 0) is 12.1 Å². The maximum Gasteiger partial charge on any atom is 0.0922 e. The molecule has 0 saturated carbocycles. The van der Waals surface area contributed by atoms with Crippen LogP contribution in [0.15, 0.2) is 53.0 Å². The molecule has 0 aliphatic rings. The predicted molar refractivity (Wildman–Crippen MR) is 84.9 cm³/mol. The van der Waals surface area contributed by atoms with Crippen molar-refractivity contribution in [2.75, 3.05) is 0 Å². The van der Waals surface area contributed by atoms with Crippen LogP contribution >= 0.6 is 39.1 Å². The Balaban J connectivity index is 2.32. The van der Waals surface area contributed by atoms with E-state index in [9.17, 15) is 0 Å². The third-order valence-electron chi connectivity index (χ3n) is 2.89. The Morgan fingerprint density at radius 2 is 1.68 bits per heavy atom. The summed E-state index contributed by atoms with van der Waals surface area (Å²) < 4.78 is 0.954. The summed E-state index contributed by atoms with van der Waals surface area (Å²) in [7, 11) is 0. The Hall–Kier alpha value is -1.09. The smallest absolute Gasteiger partial charge is 0.0922 e. The molecule has 94 valence electrons. The van der Waals surface area contributed by atoms with Gasteiger partial charge in [0.15, 0.2) is 0 Å². The highest BCUT2D eigenvalue weighted by Crippen LogP contribution is 2.35. The van der Waals surface area contributed by atoms with Crippen LogP contribution in [0.25, 0.3) is 22.2 Å². The molecule has 0 N–H and O–H groups in total. The molecule has 19 heavy (non-hydrogen) atoms. The van der Waals surface area contributed by atoms with E-state index in [0.717, 1.165) is 21.1 Å². The number of hydrogen-bond acceptors (Lipinski definition) is 1. The maximum atomic E-state index is 6.24. The lowest BCUT2D eigenvalue weighted by molar-refractivity contribution is 1.39. The first-order valence-electron chi connectivity index (χ1n) is 5.66. The Labute approximate surface area is 129 Å². The lowest BCUT2D eigenvalue weighted by Gasteiger charge is -2.08. The SMILES string of the molecule is Clc1ccc2c(Br)cc(-c3ccccc3)nc2c1Cl. The largest absolute Gasteiger partial charge is 0.246 e. The van der Waals surface area contributed by atoms with E-state index < -0.39 is 0 Å². The summed E-state index contributed by atoms with van der Waals surface area (Å²) >= 11 is 15.9. The molecular formula is C15H8BrCl2N. The van der Waals surface area contributed by atoms with Gasteiger partial charge in [-0.2, -0.15) is 0 Å². The van der Waals surface area contributed by atoms with Gasteiger partial charge in [-0.3, -0.25) is 0 Å². The molecule has 0 saturated heterocycles. The standard InChI is InChI=1S/C15H8BrCl2N/c16-11-8-13(9-4-2-1-3-5-9)19-15-10(11)6-7-12(17)14(15)18/h1-8H. The molecule has 1 nitrogen and oxygen atoms in total. The van der Waals surface area contributed by atoms with E-state index in [1.807, 2.05) is 42.5 Å². The number of aromatic nitrogens is 1. The van der Waals surface area contributed by atoms with Crippen LogP contribution < -0.4 is 0 Å². The van der Waals surface area contributed by atoms with Crippen LogP contribution in [0.1, 0.15) is 0 Å². The van der Waals surface area contributed by atoms with Crippen molar-refractivity contribution in [1.29, 1.82) is 0 Å². The van der Waals surface area contributed by atoms with Crippen LogP contribution in [0, 0.1) is 0 Å². The molecule has 0 unspecified atom stereocenters. The predicted octanol–water partition coefficient (Wildman–Crippen LogP) is 5.97. The molecule has 0 fully saturated rings. The molecule has 0 aliphatic heterocycles. The van der Waals surface area contributed by atoms with E-state index in [-0.39, 0.29) is 0 Å². The van der Waals surface area contributed by atoms with Crippen LogP contribution in [0.3, 0.4) is 0 Å². The minimum atomic E-state index is 0.484. The van der Waals surface area contributed by atoms with Crippen molar-refractivity contribution < 1.29 is 0 Å². The van der Waals surface area contributed by atoms with Gasteiger partial charge >= 0.3 is 0 Å². The first-order chi connectivity index (χ1) is 9.16. The number of pyridine rings is 1. The van der Waals surface area contributed by atoms with Crippen molar-refractivity contribution in [3.63, 3.8) is 0 Å². The van der Waals surface area contributed by atoms with Crippen LogP contribution in [0.5, 0.6) is 0 Å². The molecule has 1 heterocycles. The van der Waals surface area contributed by atoms with Crippen LogP contribution in [0.4, 0.5) is 0 Å². The number of fused-ring (bicyclic) bond motifs is 1. The molecule has 4 heteroatoms. The molecule has 0 bridgehead atoms. The van der Waals surface area contributed by atoms with Gasteiger partial charge in [-0.1, -0.05) is 75.5 Å². The number of halogens is 3. The zero-order valence-corrected chi connectivity index (χ0v) is 12.8. The minimum absolute atomic E-state index is 0.484. The summed E-state index contributed by atoms with van der Waals surface area (Å²) in [5.41, 5.74) is 2.62. The highest BCUT2D eigenvalue weighted by Gasteiger charge is 2.10. The van der Waals surface area contributed by atoms with Gasteiger partial charge in [0.05, 0.1) is 21.3 Å². The summed E-state index contributed by atoms with van der Waals surface area (Å²) in [6, 6.07) is 15.6. The Kier molecular flexibility index (Phi) is 3.48. The normalized spacial score (nSPS) is 10.9. The summed E-state index contributed by atoms with van der Waals surface area (Å²) in [5.74, 6) is 0. The van der Waals surface area contributed by atoms with Crippen LogP contribution in [0.2, 0.25) is 10.0 Å². The molecule has 3 aromatic rings. The molecule has 0 radical (unpaired) electrons. The van der Waals surface area contributed by atoms with E-state index in [4.69, 9.17) is 23.2 Å². The van der Waals surface area contributed by atoms with Gasteiger partial charge in [0.1, 0.15) is 0 Å². The van der Waals surface area contributed by atoms with Gasteiger partial charge < -0.3 is 0 Å². The van der Waals surface area contributed by atoms with E-state index in [2.05, 4.69) is 20.9 Å². The first-order valence-corrected chi connectivity index (χ1v) is 7.21. The average Bonchev–Trinajstić information content (AvgIpc) is 2.44. The summed E-state index contributed by atoms with van der Waals surface area (Å²) in [6.07, 6.45) is 0. The maximum absolute atomic E-state index is 6.24. The Bertz CT molecular complexity index is 757. The third kappa shape index (κ3) is 2.36. The second kappa shape index (κ2) is 5.12. The number of rotatable bonds is 1. The van der Waals surface area contributed by atoms with Crippen molar-refractivity contribution in [2.45, 2.75) is 0 Å². The topological polar surface area (TPSA) is 12.9 Å². The van der Waals surface area contributed by atoms with Crippen LogP contribution in [-0.2, 0) is 0 Å². The van der Waals surface area contributed by atoms with Gasteiger partial charge in [0.25, 0.3) is 0 Å². The zero-order valence-electron chi connectivity index (χ0n) is 9.70. The third-order valence-corrected chi connectivity index (χ3v) is 4.34. The fraction of sp³-hybridized carbons (Fsp3) is 0. The first kappa shape index (κ1) is 12.9. The second-order valence-electron chi connectivity index (χ2n) is 4.11. The molecule has 0 spiro atoms. The lowest BCUT2D eigenvalue weighted by atomic mass is 10.1. The molecule has 2 aromatic carbocycles. The Morgan fingerprint density at radius 3 is 2.42 bits per heavy atom. The van der Waals surface area contributed by atoms with Crippen molar-refractivity contribution in [2.24, 2.45) is 0 Å². The summed E-state index contributed by atoms with van der Waals surface area (Å²) in [6.45, 7) is 0. The summed E-state index contributed by atoms with van der Waals surface area (Å²) in [4.78, 5) is 4.62. The zero-order chi connectivity index (χ0) is 13.4.